The molecule has 2 rings (SSSR count). The van der Waals surface area contributed by atoms with Gasteiger partial charge in [0.2, 0.25) is 0 Å². The maximum Gasteiger partial charge on any atom is 0.0802 e. The zero-order valence-electron chi connectivity index (χ0n) is 6.43. The van der Waals surface area contributed by atoms with Crippen molar-refractivity contribution in [3.63, 3.8) is 0 Å². The molecule has 2 fully saturated rings. The smallest absolute Gasteiger partial charge is 0.0802 e. The van der Waals surface area contributed by atoms with Crippen molar-refractivity contribution in [2.24, 2.45) is 5.92 Å². The highest BCUT2D eigenvalue weighted by Crippen LogP contribution is 2.42. The van der Waals surface area contributed by atoms with Gasteiger partial charge in [-0.2, -0.15) is 0 Å². The molecule has 58 valence electrons. The maximum atomic E-state index is 9.68. The Hall–Kier alpha value is -0.0800. The van der Waals surface area contributed by atoms with E-state index >= 15 is 0 Å². The summed E-state index contributed by atoms with van der Waals surface area (Å²) >= 11 is 0. The van der Waals surface area contributed by atoms with Gasteiger partial charge in [0.1, 0.15) is 0 Å². The van der Waals surface area contributed by atoms with Crippen molar-refractivity contribution in [1.29, 1.82) is 0 Å². The zero-order chi connectivity index (χ0) is 7.19. The summed E-state index contributed by atoms with van der Waals surface area (Å²) < 4.78 is 0. The Labute approximate surface area is 61.6 Å². The summed E-state index contributed by atoms with van der Waals surface area (Å²) in [6, 6.07) is 0.405. The van der Waals surface area contributed by atoms with Gasteiger partial charge in [0.05, 0.1) is 5.60 Å². The standard InChI is InChI=1S/C8H15NO/c1-6-4-7(9-5-6)8(10)2-3-8/h6-7,9-10H,2-5H2,1H3/t6-,7-/m0/s1. The van der Waals surface area contributed by atoms with Gasteiger partial charge in [-0.3, -0.25) is 0 Å². The van der Waals surface area contributed by atoms with Crippen LogP contribution in [0.15, 0.2) is 0 Å². The van der Waals surface area contributed by atoms with Crippen LogP contribution in [-0.4, -0.2) is 23.3 Å². The molecule has 0 aromatic carbocycles. The maximum absolute atomic E-state index is 9.68. The normalized spacial score (nSPS) is 43.8. The zero-order valence-corrected chi connectivity index (χ0v) is 6.43. The highest BCUT2D eigenvalue weighted by atomic mass is 16.3. The fraction of sp³-hybridized carbons (Fsp3) is 1.00. The minimum atomic E-state index is -0.301. The molecule has 1 saturated carbocycles. The van der Waals surface area contributed by atoms with Crippen LogP contribution < -0.4 is 5.32 Å². The Morgan fingerprint density at radius 2 is 2.20 bits per heavy atom. The molecule has 2 nitrogen and oxygen atoms in total. The van der Waals surface area contributed by atoms with E-state index in [1.165, 1.54) is 0 Å². The summed E-state index contributed by atoms with van der Waals surface area (Å²) in [6.07, 6.45) is 3.19. The lowest BCUT2D eigenvalue weighted by Gasteiger charge is -2.16. The van der Waals surface area contributed by atoms with E-state index in [1.54, 1.807) is 0 Å². The predicted octanol–water partition coefficient (Wildman–Crippen LogP) is 0.509. The van der Waals surface area contributed by atoms with Gasteiger partial charge in [-0.25, -0.2) is 0 Å². The summed E-state index contributed by atoms with van der Waals surface area (Å²) in [7, 11) is 0. The predicted molar refractivity (Wildman–Crippen MR) is 39.8 cm³/mol. The molecule has 10 heavy (non-hydrogen) atoms. The largest absolute Gasteiger partial charge is 0.388 e. The average Bonchev–Trinajstić information content (AvgIpc) is 2.45. The van der Waals surface area contributed by atoms with E-state index < -0.39 is 0 Å². The first-order valence-electron chi connectivity index (χ1n) is 4.16. The van der Waals surface area contributed by atoms with Crippen LogP contribution in [0.3, 0.4) is 0 Å². The number of hydrogen-bond acceptors (Lipinski definition) is 2. The van der Waals surface area contributed by atoms with E-state index in [4.69, 9.17) is 0 Å². The Bertz CT molecular complexity index is 142. The van der Waals surface area contributed by atoms with Crippen molar-refractivity contribution in [2.45, 2.75) is 37.8 Å². The Balaban J connectivity index is 1.95. The van der Waals surface area contributed by atoms with Gasteiger partial charge in [0, 0.05) is 6.04 Å². The van der Waals surface area contributed by atoms with E-state index in [1.807, 2.05) is 0 Å². The van der Waals surface area contributed by atoms with Gasteiger partial charge >= 0.3 is 0 Å². The molecule has 2 atom stereocenters. The van der Waals surface area contributed by atoms with Crippen LogP contribution in [0.25, 0.3) is 0 Å². The highest BCUT2D eigenvalue weighted by Gasteiger charge is 2.49. The first-order chi connectivity index (χ1) is 4.71. The molecule has 0 radical (unpaired) electrons. The SMILES string of the molecule is C[C@@H]1CN[C@H](C2(O)CC2)C1. The summed E-state index contributed by atoms with van der Waals surface area (Å²) in [5.41, 5.74) is -0.301. The second kappa shape index (κ2) is 1.95. The molecule has 0 unspecified atom stereocenters. The quantitative estimate of drug-likeness (QED) is 0.557. The third kappa shape index (κ3) is 0.956. The second-order valence-electron chi connectivity index (χ2n) is 3.91. The van der Waals surface area contributed by atoms with Crippen LogP contribution in [0, 0.1) is 5.92 Å². The van der Waals surface area contributed by atoms with Gasteiger partial charge in [-0.05, 0) is 31.7 Å². The minimum Gasteiger partial charge on any atom is -0.388 e. The second-order valence-corrected chi connectivity index (χ2v) is 3.91. The van der Waals surface area contributed by atoms with E-state index in [0.717, 1.165) is 31.7 Å². The highest BCUT2D eigenvalue weighted by molar-refractivity contribution is 5.05. The van der Waals surface area contributed by atoms with Crippen LogP contribution in [0.1, 0.15) is 26.2 Å². The summed E-state index contributed by atoms with van der Waals surface area (Å²) in [6.45, 7) is 3.33. The fourth-order valence-corrected chi connectivity index (χ4v) is 1.80. The van der Waals surface area contributed by atoms with Crippen LogP contribution in [0.5, 0.6) is 0 Å². The molecule has 0 spiro atoms. The Morgan fingerprint density at radius 3 is 2.60 bits per heavy atom. The molecule has 2 heteroatoms. The summed E-state index contributed by atoms with van der Waals surface area (Å²) in [5.74, 6) is 0.759. The van der Waals surface area contributed by atoms with E-state index in [-0.39, 0.29) is 5.60 Å². The molecular weight excluding hydrogens is 126 g/mol. The molecule has 1 aliphatic heterocycles. The van der Waals surface area contributed by atoms with Crippen molar-refractivity contribution in [1.82, 2.24) is 5.32 Å². The van der Waals surface area contributed by atoms with Crippen LogP contribution in [0.2, 0.25) is 0 Å². The monoisotopic (exact) mass is 141 g/mol. The molecular formula is C8H15NO. The molecule has 1 heterocycles. The van der Waals surface area contributed by atoms with Crippen molar-refractivity contribution in [2.75, 3.05) is 6.54 Å². The lowest BCUT2D eigenvalue weighted by molar-refractivity contribution is 0.110. The molecule has 1 aliphatic carbocycles. The van der Waals surface area contributed by atoms with Crippen molar-refractivity contribution < 1.29 is 5.11 Å². The molecule has 1 saturated heterocycles. The molecule has 0 bridgehead atoms. The Kier molecular flexibility index (Phi) is 1.29. The van der Waals surface area contributed by atoms with Gasteiger partial charge in [-0.1, -0.05) is 6.92 Å². The fourth-order valence-electron chi connectivity index (χ4n) is 1.80. The molecule has 0 aromatic heterocycles. The molecule has 2 N–H and O–H groups in total. The van der Waals surface area contributed by atoms with E-state index in [0.29, 0.717) is 6.04 Å². The minimum absolute atomic E-state index is 0.301. The molecule has 0 amide bonds. The first kappa shape index (κ1) is 6.62. The van der Waals surface area contributed by atoms with Gasteiger partial charge in [0.15, 0.2) is 0 Å². The van der Waals surface area contributed by atoms with Crippen LogP contribution in [-0.2, 0) is 0 Å². The number of hydrogen-bond donors (Lipinski definition) is 2. The topological polar surface area (TPSA) is 32.3 Å². The van der Waals surface area contributed by atoms with Crippen molar-refractivity contribution >= 4 is 0 Å². The van der Waals surface area contributed by atoms with E-state index in [2.05, 4.69) is 12.2 Å². The Morgan fingerprint density at radius 1 is 1.50 bits per heavy atom. The van der Waals surface area contributed by atoms with Crippen LogP contribution in [0.4, 0.5) is 0 Å². The van der Waals surface area contributed by atoms with Crippen LogP contribution >= 0.6 is 0 Å². The number of aliphatic hydroxyl groups is 1. The third-order valence-corrected chi connectivity index (χ3v) is 2.76. The third-order valence-electron chi connectivity index (χ3n) is 2.76. The first-order valence-corrected chi connectivity index (χ1v) is 4.16. The summed E-state index contributed by atoms with van der Waals surface area (Å²) in [4.78, 5) is 0. The number of rotatable bonds is 1. The molecule has 0 aromatic rings. The lowest BCUT2D eigenvalue weighted by atomic mass is 10.0. The average molecular weight is 141 g/mol. The number of nitrogens with one attached hydrogen (secondary N) is 1. The van der Waals surface area contributed by atoms with Gasteiger partial charge in [-0.15, -0.1) is 0 Å². The van der Waals surface area contributed by atoms with E-state index in [9.17, 15) is 5.11 Å². The van der Waals surface area contributed by atoms with Gasteiger partial charge in [0.25, 0.3) is 0 Å². The lowest BCUT2D eigenvalue weighted by Crippen LogP contribution is -2.36. The van der Waals surface area contributed by atoms with Crippen molar-refractivity contribution in [3.8, 4) is 0 Å². The van der Waals surface area contributed by atoms with Crippen molar-refractivity contribution in [3.05, 3.63) is 0 Å². The summed E-state index contributed by atoms with van der Waals surface area (Å²) in [5, 5.41) is 13.0. The van der Waals surface area contributed by atoms with Gasteiger partial charge < -0.3 is 10.4 Å². The molecule has 2 aliphatic rings.